The molecule has 0 aliphatic carbocycles. The first-order valence-corrected chi connectivity index (χ1v) is 8.68. The van der Waals surface area contributed by atoms with Gasteiger partial charge < -0.3 is 9.47 Å². The average Bonchev–Trinajstić information content (AvgIpc) is 2.95. The number of hydrogen-bond acceptors (Lipinski definition) is 1. The highest BCUT2D eigenvalue weighted by atomic mass is 19.1. The fourth-order valence-electron chi connectivity index (χ4n) is 3.83. The van der Waals surface area contributed by atoms with E-state index in [0.29, 0.717) is 5.92 Å². The van der Waals surface area contributed by atoms with Gasteiger partial charge in [0, 0.05) is 17.3 Å². The van der Waals surface area contributed by atoms with Gasteiger partial charge in [0.2, 0.25) is 0 Å². The molecule has 1 aliphatic rings. The first-order valence-electron chi connectivity index (χ1n) is 8.68. The van der Waals surface area contributed by atoms with Crippen LogP contribution in [0.3, 0.4) is 0 Å². The van der Waals surface area contributed by atoms with Crippen LogP contribution in [-0.2, 0) is 0 Å². The Morgan fingerprint density at radius 3 is 2.42 bits per heavy atom. The highest BCUT2D eigenvalue weighted by molar-refractivity contribution is 5.87. The molecule has 0 radical (unpaired) electrons. The maximum atomic E-state index is 13.3. The molecule has 0 amide bonds. The Labute approximate surface area is 142 Å². The summed E-state index contributed by atoms with van der Waals surface area (Å²) in [6, 6.07) is 13.4. The summed E-state index contributed by atoms with van der Waals surface area (Å²) in [6.07, 6.45) is 4.67. The molecule has 3 aromatic rings. The number of benzene rings is 2. The van der Waals surface area contributed by atoms with Crippen LogP contribution >= 0.6 is 0 Å². The van der Waals surface area contributed by atoms with E-state index in [-0.39, 0.29) is 5.82 Å². The molecular weight excluding hydrogens is 299 g/mol. The number of fused-ring (bicyclic) bond motifs is 1. The number of aryl methyl sites for hydroxylation is 1. The largest absolute Gasteiger partial charge is 0.316 e. The molecule has 1 saturated heterocycles. The van der Waals surface area contributed by atoms with E-state index in [4.69, 9.17) is 0 Å². The topological polar surface area (TPSA) is 8.17 Å². The minimum atomic E-state index is -0.193. The van der Waals surface area contributed by atoms with E-state index in [0.717, 1.165) is 18.8 Å². The third-order valence-corrected chi connectivity index (χ3v) is 5.25. The lowest BCUT2D eigenvalue weighted by molar-refractivity contribution is 0.256. The van der Waals surface area contributed by atoms with Gasteiger partial charge in [0.1, 0.15) is 5.82 Å². The van der Waals surface area contributed by atoms with Crippen LogP contribution in [-0.4, -0.2) is 29.6 Å². The summed E-state index contributed by atoms with van der Waals surface area (Å²) >= 11 is 0. The lowest BCUT2D eigenvalue weighted by Crippen LogP contribution is -2.29. The van der Waals surface area contributed by atoms with Crippen LogP contribution in [0.25, 0.3) is 16.6 Å². The van der Waals surface area contributed by atoms with E-state index in [1.807, 2.05) is 12.1 Å². The van der Waals surface area contributed by atoms with Crippen LogP contribution in [0.15, 0.2) is 48.7 Å². The third-order valence-electron chi connectivity index (χ3n) is 5.25. The van der Waals surface area contributed by atoms with Gasteiger partial charge in [0.25, 0.3) is 0 Å². The SMILES string of the molecule is Cc1ccc2c(c1)c(C1CCN(C)CC1)cn2-c1ccc(F)cc1. The Kier molecular flexibility index (Phi) is 3.89. The lowest BCUT2D eigenvalue weighted by Gasteiger charge is -2.28. The monoisotopic (exact) mass is 322 g/mol. The van der Waals surface area contributed by atoms with Crippen molar-refractivity contribution >= 4 is 10.9 Å². The fourth-order valence-corrected chi connectivity index (χ4v) is 3.83. The van der Waals surface area contributed by atoms with E-state index >= 15 is 0 Å². The molecule has 1 fully saturated rings. The zero-order valence-corrected chi connectivity index (χ0v) is 14.3. The molecule has 2 nitrogen and oxygen atoms in total. The molecule has 0 atom stereocenters. The molecule has 3 heteroatoms. The van der Waals surface area contributed by atoms with Gasteiger partial charge in [-0.2, -0.15) is 0 Å². The second-order valence-electron chi connectivity index (χ2n) is 7.03. The van der Waals surface area contributed by atoms with Gasteiger partial charge in [0.15, 0.2) is 0 Å². The van der Waals surface area contributed by atoms with Crippen LogP contribution in [0.4, 0.5) is 4.39 Å². The molecule has 0 saturated carbocycles. The first-order chi connectivity index (χ1) is 11.6. The van der Waals surface area contributed by atoms with E-state index < -0.39 is 0 Å². The number of halogens is 1. The maximum absolute atomic E-state index is 13.3. The van der Waals surface area contributed by atoms with Crippen molar-refractivity contribution in [3.8, 4) is 5.69 Å². The standard InChI is InChI=1S/C21H23FN2/c1-15-3-8-21-19(13-15)20(16-9-11-23(2)12-10-16)14-24(21)18-6-4-17(22)5-7-18/h3-8,13-14,16H,9-12H2,1-2H3. The zero-order chi connectivity index (χ0) is 16.7. The highest BCUT2D eigenvalue weighted by Gasteiger charge is 2.22. The Balaban J connectivity index is 1.84. The molecule has 0 unspecified atom stereocenters. The quantitative estimate of drug-likeness (QED) is 0.652. The Hall–Kier alpha value is -2.13. The second kappa shape index (κ2) is 6.06. The van der Waals surface area contributed by atoms with Crippen LogP contribution in [0, 0.1) is 12.7 Å². The number of likely N-dealkylation sites (tertiary alicyclic amines) is 1. The first kappa shape index (κ1) is 15.4. The van der Waals surface area contributed by atoms with Crippen LogP contribution < -0.4 is 0 Å². The molecule has 4 rings (SSSR count). The molecule has 0 bridgehead atoms. The molecular formula is C21H23FN2. The van der Waals surface area contributed by atoms with Crippen LogP contribution in [0.1, 0.15) is 29.9 Å². The number of hydrogen-bond donors (Lipinski definition) is 0. The van der Waals surface area contributed by atoms with Crippen LogP contribution in [0.5, 0.6) is 0 Å². The molecule has 2 heterocycles. The fraction of sp³-hybridized carbons (Fsp3) is 0.333. The summed E-state index contributed by atoms with van der Waals surface area (Å²) in [4.78, 5) is 2.40. The minimum Gasteiger partial charge on any atom is -0.316 e. The van der Waals surface area contributed by atoms with Gasteiger partial charge in [0.05, 0.1) is 5.52 Å². The van der Waals surface area contributed by atoms with E-state index in [2.05, 4.69) is 47.8 Å². The van der Waals surface area contributed by atoms with Crippen molar-refractivity contribution in [1.29, 1.82) is 0 Å². The van der Waals surface area contributed by atoms with E-state index in [9.17, 15) is 4.39 Å². The molecule has 24 heavy (non-hydrogen) atoms. The Morgan fingerprint density at radius 1 is 1.00 bits per heavy atom. The normalized spacial score (nSPS) is 16.8. The van der Waals surface area contributed by atoms with Gasteiger partial charge in [-0.1, -0.05) is 11.6 Å². The summed E-state index contributed by atoms with van der Waals surface area (Å²) in [5.41, 5.74) is 4.95. The molecule has 0 spiro atoms. The van der Waals surface area contributed by atoms with Crippen molar-refractivity contribution in [2.75, 3.05) is 20.1 Å². The minimum absolute atomic E-state index is 0.193. The summed E-state index contributed by atoms with van der Waals surface area (Å²) in [5, 5.41) is 1.34. The van der Waals surface area contributed by atoms with Gasteiger partial charge in [-0.05, 0) is 87.8 Å². The number of rotatable bonds is 2. The van der Waals surface area contributed by atoms with Gasteiger partial charge in [-0.3, -0.25) is 0 Å². The zero-order valence-electron chi connectivity index (χ0n) is 14.3. The number of piperidine rings is 1. The molecule has 124 valence electrons. The average molecular weight is 322 g/mol. The molecule has 2 aromatic carbocycles. The smallest absolute Gasteiger partial charge is 0.123 e. The predicted octanol–water partition coefficient (Wildman–Crippen LogP) is 4.89. The third kappa shape index (κ3) is 2.73. The number of aromatic nitrogens is 1. The summed E-state index contributed by atoms with van der Waals surface area (Å²) in [7, 11) is 2.20. The van der Waals surface area contributed by atoms with Crippen molar-refractivity contribution < 1.29 is 4.39 Å². The Bertz CT molecular complexity index is 855. The molecule has 1 aliphatic heterocycles. The summed E-state index contributed by atoms with van der Waals surface area (Å²) < 4.78 is 15.5. The maximum Gasteiger partial charge on any atom is 0.123 e. The van der Waals surface area contributed by atoms with Crippen molar-refractivity contribution in [2.45, 2.75) is 25.7 Å². The number of nitrogens with zero attached hydrogens (tertiary/aromatic N) is 2. The highest BCUT2D eigenvalue weighted by Crippen LogP contribution is 2.36. The predicted molar refractivity (Wildman–Crippen MR) is 97.4 cm³/mol. The van der Waals surface area contributed by atoms with E-state index in [1.54, 1.807) is 0 Å². The van der Waals surface area contributed by atoms with Gasteiger partial charge >= 0.3 is 0 Å². The van der Waals surface area contributed by atoms with Gasteiger partial charge in [-0.25, -0.2) is 4.39 Å². The summed E-state index contributed by atoms with van der Waals surface area (Å²) in [6.45, 7) is 4.45. The second-order valence-corrected chi connectivity index (χ2v) is 7.03. The van der Waals surface area contributed by atoms with Gasteiger partial charge in [-0.15, -0.1) is 0 Å². The Morgan fingerprint density at radius 2 is 1.71 bits per heavy atom. The van der Waals surface area contributed by atoms with Crippen molar-refractivity contribution in [1.82, 2.24) is 9.47 Å². The summed E-state index contributed by atoms with van der Waals surface area (Å²) in [5.74, 6) is 0.411. The molecule has 1 aromatic heterocycles. The van der Waals surface area contributed by atoms with Crippen molar-refractivity contribution in [3.63, 3.8) is 0 Å². The van der Waals surface area contributed by atoms with E-state index in [1.165, 1.54) is 47.0 Å². The van der Waals surface area contributed by atoms with Crippen molar-refractivity contribution in [3.05, 3.63) is 65.6 Å². The lowest BCUT2D eigenvalue weighted by atomic mass is 9.89. The van der Waals surface area contributed by atoms with Crippen molar-refractivity contribution in [2.24, 2.45) is 0 Å². The molecule has 0 N–H and O–H groups in total. The van der Waals surface area contributed by atoms with Crippen LogP contribution in [0.2, 0.25) is 0 Å².